The minimum Gasteiger partial charge on any atom is -0.326 e. The van der Waals surface area contributed by atoms with E-state index in [9.17, 15) is 4.79 Å². The first-order valence-corrected chi connectivity index (χ1v) is 6.54. The molecule has 0 radical (unpaired) electrons. The number of nitrogens with one attached hydrogen (secondary N) is 2. The Kier molecular flexibility index (Phi) is 5.35. The second-order valence-electron chi connectivity index (χ2n) is 5.53. The van der Waals surface area contributed by atoms with Gasteiger partial charge in [-0.1, -0.05) is 19.1 Å². The molecule has 1 rings (SSSR count). The van der Waals surface area contributed by atoms with Gasteiger partial charge < -0.3 is 10.6 Å². The van der Waals surface area contributed by atoms with E-state index in [1.807, 2.05) is 18.2 Å². The van der Waals surface area contributed by atoms with Crippen molar-refractivity contribution in [2.45, 2.75) is 46.1 Å². The summed E-state index contributed by atoms with van der Waals surface area (Å²) in [7, 11) is 0. The summed E-state index contributed by atoms with van der Waals surface area (Å²) in [6.07, 6.45) is 1.48. The molecule has 0 bridgehead atoms. The monoisotopic (exact) mass is 248 g/mol. The lowest BCUT2D eigenvalue weighted by Crippen LogP contribution is -2.37. The van der Waals surface area contributed by atoms with Gasteiger partial charge in [-0.2, -0.15) is 0 Å². The van der Waals surface area contributed by atoms with Crippen LogP contribution >= 0.6 is 0 Å². The molecule has 100 valence electrons. The molecule has 0 saturated carbocycles. The summed E-state index contributed by atoms with van der Waals surface area (Å²) in [5.41, 5.74) is 2.18. The summed E-state index contributed by atoms with van der Waals surface area (Å²) in [5.74, 6) is 0.0556. The van der Waals surface area contributed by atoms with Gasteiger partial charge in [0.05, 0.1) is 0 Å². The summed E-state index contributed by atoms with van der Waals surface area (Å²) >= 11 is 0. The van der Waals surface area contributed by atoms with Crippen LogP contribution in [0.4, 0.5) is 5.69 Å². The van der Waals surface area contributed by atoms with Crippen molar-refractivity contribution >= 4 is 11.6 Å². The predicted molar refractivity (Wildman–Crippen MR) is 76.8 cm³/mol. The van der Waals surface area contributed by atoms with Gasteiger partial charge in [-0.05, 0) is 44.9 Å². The van der Waals surface area contributed by atoms with E-state index < -0.39 is 0 Å². The van der Waals surface area contributed by atoms with Crippen molar-refractivity contribution in [3.8, 4) is 0 Å². The van der Waals surface area contributed by atoms with Gasteiger partial charge in [0.25, 0.3) is 0 Å². The molecule has 3 heteroatoms. The first kappa shape index (κ1) is 14.7. The lowest BCUT2D eigenvalue weighted by molar-refractivity contribution is -0.116. The van der Waals surface area contributed by atoms with Crippen LogP contribution in [0.1, 0.15) is 39.7 Å². The first-order valence-electron chi connectivity index (χ1n) is 6.54. The molecule has 0 aliphatic carbocycles. The normalized spacial score (nSPS) is 11.3. The third kappa shape index (κ3) is 5.82. The van der Waals surface area contributed by atoms with Crippen molar-refractivity contribution in [1.29, 1.82) is 0 Å². The van der Waals surface area contributed by atoms with E-state index in [0.29, 0.717) is 13.0 Å². The van der Waals surface area contributed by atoms with Crippen molar-refractivity contribution in [3.05, 3.63) is 29.8 Å². The van der Waals surface area contributed by atoms with Crippen LogP contribution in [0.25, 0.3) is 0 Å². The largest absolute Gasteiger partial charge is 0.326 e. The maximum Gasteiger partial charge on any atom is 0.225 e. The molecule has 0 atom stereocenters. The molecule has 0 spiro atoms. The Morgan fingerprint density at radius 1 is 1.28 bits per heavy atom. The molecular formula is C15H24N2O. The zero-order chi connectivity index (χ0) is 13.6. The van der Waals surface area contributed by atoms with Crippen LogP contribution in [-0.4, -0.2) is 18.0 Å². The van der Waals surface area contributed by atoms with E-state index in [2.05, 4.69) is 44.4 Å². The molecule has 2 N–H and O–H groups in total. The van der Waals surface area contributed by atoms with E-state index in [1.54, 1.807) is 0 Å². The number of carbonyl (C=O) groups excluding carboxylic acids is 1. The van der Waals surface area contributed by atoms with Crippen molar-refractivity contribution in [3.63, 3.8) is 0 Å². The van der Waals surface area contributed by atoms with Crippen LogP contribution in [0.3, 0.4) is 0 Å². The van der Waals surface area contributed by atoms with Crippen LogP contribution in [0.5, 0.6) is 0 Å². The second-order valence-corrected chi connectivity index (χ2v) is 5.53. The fourth-order valence-electron chi connectivity index (χ4n) is 1.64. The van der Waals surface area contributed by atoms with Crippen molar-refractivity contribution in [1.82, 2.24) is 5.32 Å². The van der Waals surface area contributed by atoms with Gasteiger partial charge >= 0.3 is 0 Å². The average Bonchev–Trinajstić information content (AvgIpc) is 2.27. The quantitative estimate of drug-likeness (QED) is 0.841. The molecule has 3 nitrogen and oxygen atoms in total. The fourth-order valence-corrected chi connectivity index (χ4v) is 1.64. The number of rotatable bonds is 5. The van der Waals surface area contributed by atoms with Gasteiger partial charge in [0.2, 0.25) is 5.91 Å². The van der Waals surface area contributed by atoms with E-state index in [-0.39, 0.29) is 11.4 Å². The van der Waals surface area contributed by atoms with Gasteiger partial charge in [-0.3, -0.25) is 4.79 Å². The van der Waals surface area contributed by atoms with E-state index in [1.165, 1.54) is 5.56 Å². The standard InChI is InChI=1S/C15H24N2O/c1-5-12-7-6-8-13(11-12)17-14(18)9-10-16-15(2,3)4/h6-8,11,16H,5,9-10H2,1-4H3,(H,17,18). The highest BCUT2D eigenvalue weighted by Gasteiger charge is 2.09. The van der Waals surface area contributed by atoms with Crippen molar-refractivity contribution in [2.24, 2.45) is 0 Å². The molecule has 1 amide bonds. The third-order valence-electron chi connectivity index (χ3n) is 2.63. The summed E-state index contributed by atoms with van der Waals surface area (Å²) in [5, 5.41) is 6.22. The lowest BCUT2D eigenvalue weighted by atomic mass is 10.1. The highest BCUT2D eigenvalue weighted by molar-refractivity contribution is 5.90. The highest BCUT2D eigenvalue weighted by atomic mass is 16.1. The Hall–Kier alpha value is -1.35. The molecule has 0 fully saturated rings. The zero-order valence-electron chi connectivity index (χ0n) is 11.8. The van der Waals surface area contributed by atoms with Gasteiger partial charge in [0, 0.05) is 24.2 Å². The predicted octanol–water partition coefficient (Wildman–Crippen LogP) is 2.97. The van der Waals surface area contributed by atoms with Gasteiger partial charge in [0.1, 0.15) is 0 Å². The number of hydrogen-bond acceptors (Lipinski definition) is 2. The maximum atomic E-state index is 11.7. The van der Waals surface area contributed by atoms with Crippen LogP contribution in [0.15, 0.2) is 24.3 Å². The number of anilines is 1. The highest BCUT2D eigenvalue weighted by Crippen LogP contribution is 2.11. The van der Waals surface area contributed by atoms with E-state index >= 15 is 0 Å². The minimum absolute atomic E-state index is 0.0556. The Labute approximate surface area is 110 Å². The van der Waals surface area contributed by atoms with Crippen LogP contribution in [-0.2, 0) is 11.2 Å². The Balaban J connectivity index is 2.40. The zero-order valence-corrected chi connectivity index (χ0v) is 11.8. The van der Waals surface area contributed by atoms with Crippen molar-refractivity contribution < 1.29 is 4.79 Å². The fraction of sp³-hybridized carbons (Fsp3) is 0.533. The third-order valence-corrected chi connectivity index (χ3v) is 2.63. The summed E-state index contributed by atoms with van der Waals surface area (Å²) in [6.45, 7) is 9.08. The molecule has 1 aromatic carbocycles. The molecule has 0 unspecified atom stereocenters. The summed E-state index contributed by atoms with van der Waals surface area (Å²) in [4.78, 5) is 11.7. The molecule has 0 aromatic heterocycles. The number of hydrogen-bond donors (Lipinski definition) is 2. The number of carbonyl (C=O) groups is 1. The Bertz CT molecular complexity index is 394. The summed E-state index contributed by atoms with van der Waals surface area (Å²) < 4.78 is 0. The lowest BCUT2D eigenvalue weighted by Gasteiger charge is -2.20. The second kappa shape index (κ2) is 6.55. The number of benzene rings is 1. The molecule has 0 saturated heterocycles. The van der Waals surface area contributed by atoms with E-state index in [4.69, 9.17) is 0 Å². The molecular weight excluding hydrogens is 224 g/mol. The van der Waals surface area contributed by atoms with Crippen LogP contribution in [0.2, 0.25) is 0 Å². The first-order chi connectivity index (χ1) is 8.40. The average molecular weight is 248 g/mol. The van der Waals surface area contributed by atoms with Gasteiger partial charge in [-0.25, -0.2) is 0 Å². The summed E-state index contributed by atoms with van der Waals surface area (Å²) in [6, 6.07) is 7.99. The number of amides is 1. The minimum atomic E-state index is 0.0556. The van der Waals surface area contributed by atoms with Crippen molar-refractivity contribution in [2.75, 3.05) is 11.9 Å². The molecule has 0 heterocycles. The Morgan fingerprint density at radius 2 is 2.00 bits per heavy atom. The number of aryl methyl sites for hydroxylation is 1. The molecule has 0 aliphatic heterocycles. The SMILES string of the molecule is CCc1cccc(NC(=O)CCNC(C)(C)C)c1. The van der Waals surface area contributed by atoms with Gasteiger partial charge in [-0.15, -0.1) is 0 Å². The Morgan fingerprint density at radius 3 is 2.61 bits per heavy atom. The maximum absolute atomic E-state index is 11.7. The molecule has 0 aliphatic rings. The smallest absolute Gasteiger partial charge is 0.225 e. The van der Waals surface area contributed by atoms with Crippen LogP contribution in [0, 0.1) is 0 Å². The van der Waals surface area contributed by atoms with E-state index in [0.717, 1.165) is 12.1 Å². The topological polar surface area (TPSA) is 41.1 Å². The van der Waals surface area contributed by atoms with Gasteiger partial charge in [0.15, 0.2) is 0 Å². The molecule has 1 aromatic rings. The van der Waals surface area contributed by atoms with Crippen LogP contribution < -0.4 is 10.6 Å². The molecule has 18 heavy (non-hydrogen) atoms.